The van der Waals surface area contributed by atoms with Gasteiger partial charge >= 0.3 is 5.97 Å². The van der Waals surface area contributed by atoms with Crippen LogP contribution in [0.25, 0.3) is 10.9 Å². The number of imide groups is 1. The molecule has 0 spiro atoms. The van der Waals surface area contributed by atoms with Gasteiger partial charge in [-0.15, -0.1) is 0 Å². The summed E-state index contributed by atoms with van der Waals surface area (Å²) in [6, 6.07) is 17.2. The first-order valence-corrected chi connectivity index (χ1v) is 13.4. The number of carbonyl (C=O) groups is 4. The number of carbonyl (C=O) groups excluding carboxylic acids is 3. The average Bonchev–Trinajstić information content (AvgIpc) is 3.58. The third-order valence-corrected chi connectivity index (χ3v) is 8.53. The van der Waals surface area contributed by atoms with Crippen molar-refractivity contribution in [1.29, 1.82) is 0 Å². The number of halogens is 1. The van der Waals surface area contributed by atoms with E-state index in [1.165, 1.54) is 37.3 Å². The maximum Gasteiger partial charge on any atom is 0.325 e. The van der Waals surface area contributed by atoms with Crippen LogP contribution in [0.5, 0.6) is 5.75 Å². The molecule has 0 aliphatic carbocycles. The number of hydrogen-bond acceptors (Lipinski definition) is 6. The number of benzene rings is 3. The van der Waals surface area contributed by atoms with E-state index in [2.05, 4.69) is 26.2 Å². The first-order valence-electron chi connectivity index (χ1n) is 12.7. The number of aromatic nitrogens is 1. The molecule has 3 aromatic carbocycles. The smallest absolute Gasteiger partial charge is 0.325 e. The lowest BCUT2D eigenvalue weighted by atomic mass is 9.76. The van der Waals surface area contributed by atoms with E-state index in [4.69, 9.17) is 0 Å². The molecule has 1 aromatic heterocycles. The predicted molar refractivity (Wildman–Crippen MR) is 150 cm³/mol. The van der Waals surface area contributed by atoms with Gasteiger partial charge in [-0.25, -0.2) is 4.90 Å². The van der Waals surface area contributed by atoms with E-state index in [1.54, 1.807) is 18.3 Å². The van der Waals surface area contributed by atoms with Crippen LogP contribution < -0.4 is 10.2 Å². The largest absolute Gasteiger partial charge is 0.508 e. The van der Waals surface area contributed by atoms with Crippen LogP contribution >= 0.6 is 15.9 Å². The van der Waals surface area contributed by atoms with Crippen LogP contribution in [0.3, 0.4) is 0 Å². The first-order chi connectivity index (χ1) is 19.1. The number of fused-ring (bicyclic) bond motifs is 2. The minimum absolute atomic E-state index is 0.0884. The summed E-state index contributed by atoms with van der Waals surface area (Å²) in [5, 5.41) is 25.5. The summed E-state index contributed by atoms with van der Waals surface area (Å²) in [5.41, 5.74) is 0.596. The highest BCUT2D eigenvalue weighted by atomic mass is 79.9. The van der Waals surface area contributed by atoms with E-state index in [1.807, 2.05) is 24.3 Å². The monoisotopic (exact) mass is 601 g/mol. The van der Waals surface area contributed by atoms with Crippen molar-refractivity contribution in [3.63, 3.8) is 0 Å². The number of amides is 2. The van der Waals surface area contributed by atoms with Gasteiger partial charge in [0.2, 0.25) is 11.8 Å². The molecule has 2 fully saturated rings. The van der Waals surface area contributed by atoms with E-state index in [0.29, 0.717) is 21.2 Å². The number of carboxylic acid groups (broad SMARTS) is 1. The lowest BCUT2D eigenvalue weighted by Gasteiger charge is -2.31. The molecule has 0 radical (unpaired) electrons. The van der Waals surface area contributed by atoms with Crippen LogP contribution in [0.2, 0.25) is 0 Å². The number of Topliss-reactive ketones (excluding diaryl/α,β-unsaturated/α-hetero) is 1. The zero-order chi connectivity index (χ0) is 28.3. The minimum atomic E-state index is -1.87. The molecule has 0 saturated carbocycles. The Morgan fingerprint density at radius 1 is 1.02 bits per heavy atom. The van der Waals surface area contributed by atoms with Crippen molar-refractivity contribution in [1.82, 2.24) is 10.3 Å². The standard InChI is InChI=1S/C30H24BrN3O6/c1-15(35)16-6-9-19(10-7-16)34-27(37)24-25(28(34)38)30(29(39)40,13-17-14-32-22-5-3-2-4-20(17)22)33-26(24)21-12-18(31)8-11-23(21)36/h2-12,14,24-26,32-33,36H,13H2,1H3,(H,39,40). The summed E-state index contributed by atoms with van der Waals surface area (Å²) >= 11 is 3.39. The highest BCUT2D eigenvalue weighted by Crippen LogP contribution is 2.52. The van der Waals surface area contributed by atoms with Crippen molar-refractivity contribution < 1.29 is 29.4 Å². The van der Waals surface area contributed by atoms with E-state index < -0.39 is 41.2 Å². The number of ketones is 1. The molecule has 4 aromatic rings. The van der Waals surface area contributed by atoms with Gasteiger partial charge < -0.3 is 15.2 Å². The third kappa shape index (κ3) is 3.86. The fraction of sp³-hybridized carbons (Fsp3) is 0.200. The Kier molecular flexibility index (Phi) is 6.12. The van der Waals surface area contributed by atoms with Gasteiger partial charge in [0.1, 0.15) is 11.3 Å². The second-order valence-electron chi connectivity index (χ2n) is 10.3. The molecule has 2 aliphatic rings. The lowest BCUT2D eigenvalue weighted by Crippen LogP contribution is -2.57. The Bertz CT molecular complexity index is 1710. The van der Waals surface area contributed by atoms with Crippen LogP contribution in [0.1, 0.15) is 34.5 Å². The second kappa shape index (κ2) is 9.42. The maximum atomic E-state index is 14.1. The molecule has 4 atom stereocenters. The summed E-state index contributed by atoms with van der Waals surface area (Å²) in [5.74, 6) is -5.19. The summed E-state index contributed by atoms with van der Waals surface area (Å²) < 4.78 is 0.622. The quantitative estimate of drug-likeness (QED) is 0.190. The molecule has 4 unspecified atom stereocenters. The van der Waals surface area contributed by atoms with Gasteiger partial charge in [-0.3, -0.25) is 24.5 Å². The van der Waals surface area contributed by atoms with E-state index in [0.717, 1.165) is 15.8 Å². The number of carboxylic acids is 1. The van der Waals surface area contributed by atoms with Crippen molar-refractivity contribution in [2.24, 2.45) is 11.8 Å². The fourth-order valence-corrected chi connectivity index (χ4v) is 6.54. The average molecular weight is 602 g/mol. The predicted octanol–water partition coefficient (Wildman–Crippen LogP) is 4.35. The topological polar surface area (TPSA) is 140 Å². The Morgan fingerprint density at radius 2 is 1.75 bits per heavy atom. The number of nitrogens with one attached hydrogen (secondary N) is 2. The number of aliphatic carboxylic acids is 1. The van der Waals surface area contributed by atoms with Crippen molar-refractivity contribution in [2.45, 2.75) is 24.9 Å². The Hall–Kier alpha value is -4.28. The van der Waals surface area contributed by atoms with Gasteiger partial charge in [0.25, 0.3) is 0 Å². The van der Waals surface area contributed by atoms with Crippen LogP contribution in [-0.4, -0.2) is 44.3 Å². The minimum Gasteiger partial charge on any atom is -0.508 e. The van der Waals surface area contributed by atoms with Crippen LogP contribution in [0, 0.1) is 11.8 Å². The van der Waals surface area contributed by atoms with E-state index >= 15 is 0 Å². The number of nitrogens with zero attached hydrogens (tertiary/aromatic N) is 1. The fourth-order valence-electron chi connectivity index (χ4n) is 6.16. The van der Waals surface area contributed by atoms with Crippen molar-refractivity contribution in [3.8, 4) is 5.75 Å². The molecule has 202 valence electrons. The third-order valence-electron chi connectivity index (χ3n) is 8.04. The normalized spacial score (nSPS) is 24.1. The molecule has 6 rings (SSSR count). The number of phenolic OH excluding ortho intramolecular Hbond substituents is 1. The molecule has 3 heterocycles. The number of phenols is 1. The number of anilines is 1. The number of para-hydroxylation sites is 1. The van der Waals surface area contributed by atoms with Crippen molar-refractivity contribution in [3.05, 3.63) is 94.1 Å². The number of rotatable bonds is 6. The molecule has 0 bridgehead atoms. The highest BCUT2D eigenvalue weighted by Gasteiger charge is 2.69. The SMILES string of the molecule is CC(=O)c1ccc(N2C(=O)C3C(c4cc(Br)ccc4O)NC(Cc4c[nH]c5ccccc45)(C(=O)O)C3C2=O)cc1. The molecule has 10 heteroatoms. The van der Waals surface area contributed by atoms with Crippen molar-refractivity contribution >= 4 is 56.1 Å². The number of hydrogen-bond donors (Lipinski definition) is 4. The number of aromatic hydroxyl groups is 1. The second-order valence-corrected chi connectivity index (χ2v) is 11.2. The molecule has 2 amide bonds. The van der Waals surface area contributed by atoms with Gasteiger partial charge in [-0.05, 0) is 61.0 Å². The zero-order valence-corrected chi connectivity index (χ0v) is 22.8. The zero-order valence-electron chi connectivity index (χ0n) is 21.2. The molecule has 2 saturated heterocycles. The van der Waals surface area contributed by atoms with Crippen LogP contribution in [0.4, 0.5) is 5.69 Å². The Morgan fingerprint density at radius 3 is 2.45 bits per heavy atom. The molecule has 9 nitrogen and oxygen atoms in total. The summed E-state index contributed by atoms with van der Waals surface area (Å²) in [7, 11) is 0. The number of aromatic amines is 1. The first kappa shape index (κ1) is 26.0. The molecule has 40 heavy (non-hydrogen) atoms. The van der Waals surface area contributed by atoms with Crippen molar-refractivity contribution in [2.75, 3.05) is 4.90 Å². The van der Waals surface area contributed by atoms with Gasteiger partial charge in [0, 0.05) is 45.2 Å². The van der Waals surface area contributed by atoms with Crippen LogP contribution in [-0.2, 0) is 20.8 Å². The summed E-state index contributed by atoms with van der Waals surface area (Å²) in [6.45, 7) is 1.41. The molecular formula is C30H24BrN3O6. The van der Waals surface area contributed by atoms with Gasteiger partial charge in [0.15, 0.2) is 5.78 Å². The Balaban J connectivity index is 1.51. The highest BCUT2D eigenvalue weighted by molar-refractivity contribution is 9.10. The maximum absolute atomic E-state index is 14.1. The lowest BCUT2D eigenvalue weighted by molar-refractivity contribution is -0.148. The van der Waals surface area contributed by atoms with Crippen LogP contribution in [0.15, 0.2) is 77.4 Å². The molecule has 4 N–H and O–H groups in total. The number of H-pyrrole nitrogens is 1. The Labute approximate surface area is 236 Å². The van der Waals surface area contributed by atoms with E-state index in [-0.39, 0.29) is 23.6 Å². The van der Waals surface area contributed by atoms with E-state index in [9.17, 15) is 29.4 Å². The van der Waals surface area contributed by atoms with Gasteiger partial charge in [-0.1, -0.05) is 34.1 Å². The van der Waals surface area contributed by atoms with Gasteiger partial charge in [0.05, 0.1) is 17.5 Å². The molecular weight excluding hydrogens is 578 g/mol. The summed E-state index contributed by atoms with van der Waals surface area (Å²) in [6.07, 6.45) is 1.63. The van der Waals surface area contributed by atoms with Gasteiger partial charge in [-0.2, -0.15) is 0 Å². The molecule has 2 aliphatic heterocycles. The summed E-state index contributed by atoms with van der Waals surface area (Å²) in [4.78, 5) is 57.3.